The zero-order valence-electron chi connectivity index (χ0n) is 11.6. The first kappa shape index (κ1) is 13.9. The van der Waals surface area contributed by atoms with E-state index < -0.39 is 0 Å². The number of nitrogens with one attached hydrogen (secondary N) is 2. The van der Waals surface area contributed by atoms with Crippen molar-refractivity contribution in [2.24, 2.45) is 0 Å². The standard InChI is InChI=1S/C15H23N3O/c1-17-14-8-3-2-7-13(14)15(16)19-12-6-11-18-9-4-5-10-18/h2-3,7-8,16-17H,4-6,9-12H2,1H3. The summed E-state index contributed by atoms with van der Waals surface area (Å²) < 4.78 is 5.55. The highest BCUT2D eigenvalue weighted by atomic mass is 16.5. The van der Waals surface area contributed by atoms with Crippen LogP contribution in [0.2, 0.25) is 0 Å². The molecule has 0 aromatic heterocycles. The Hall–Kier alpha value is -1.55. The number of likely N-dealkylation sites (tertiary alicyclic amines) is 1. The van der Waals surface area contributed by atoms with Gasteiger partial charge in [0.05, 0.1) is 12.2 Å². The molecule has 0 unspecified atom stereocenters. The van der Waals surface area contributed by atoms with Crippen LogP contribution >= 0.6 is 0 Å². The molecule has 1 aliphatic rings. The molecule has 1 fully saturated rings. The number of nitrogens with zero attached hydrogens (tertiary/aromatic N) is 1. The second kappa shape index (κ2) is 7.14. The fourth-order valence-corrected chi connectivity index (χ4v) is 2.45. The third-order valence-corrected chi connectivity index (χ3v) is 3.50. The van der Waals surface area contributed by atoms with Crippen LogP contribution in [-0.2, 0) is 4.74 Å². The topological polar surface area (TPSA) is 48.4 Å². The highest BCUT2D eigenvalue weighted by molar-refractivity contribution is 5.97. The molecule has 2 rings (SSSR count). The summed E-state index contributed by atoms with van der Waals surface area (Å²) in [6.07, 6.45) is 3.64. The highest BCUT2D eigenvalue weighted by Gasteiger charge is 2.11. The van der Waals surface area contributed by atoms with Gasteiger partial charge in [0.25, 0.3) is 0 Å². The van der Waals surface area contributed by atoms with Gasteiger partial charge in [-0.1, -0.05) is 12.1 Å². The normalized spacial score (nSPS) is 15.4. The minimum absolute atomic E-state index is 0.256. The predicted molar refractivity (Wildman–Crippen MR) is 79.1 cm³/mol. The molecular formula is C15H23N3O. The summed E-state index contributed by atoms with van der Waals surface area (Å²) in [6.45, 7) is 4.15. The van der Waals surface area contributed by atoms with Crippen molar-refractivity contribution in [1.82, 2.24) is 4.90 Å². The Balaban J connectivity index is 1.74. The molecule has 104 valence electrons. The molecule has 1 saturated heterocycles. The van der Waals surface area contributed by atoms with E-state index in [-0.39, 0.29) is 5.90 Å². The van der Waals surface area contributed by atoms with Crippen LogP contribution < -0.4 is 5.32 Å². The van der Waals surface area contributed by atoms with Gasteiger partial charge < -0.3 is 15.0 Å². The SMILES string of the molecule is CNc1ccccc1C(=N)OCCCN1CCCC1. The molecule has 0 saturated carbocycles. The van der Waals surface area contributed by atoms with Gasteiger partial charge >= 0.3 is 0 Å². The van der Waals surface area contributed by atoms with E-state index in [1.807, 2.05) is 31.3 Å². The fourth-order valence-electron chi connectivity index (χ4n) is 2.45. The monoisotopic (exact) mass is 261 g/mol. The van der Waals surface area contributed by atoms with Gasteiger partial charge in [0.1, 0.15) is 0 Å². The van der Waals surface area contributed by atoms with Gasteiger partial charge in [-0.25, -0.2) is 0 Å². The van der Waals surface area contributed by atoms with Gasteiger partial charge in [0.15, 0.2) is 0 Å². The first-order chi connectivity index (χ1) is 9.31. The maximum Gasteiger partial charge on any atom is 0.215 e. The largest absolute Gasteiger partial charge is 0.478 e. The molecule has 0 aliphatic carbocycles. The lowest BCUT2D eigenvalue weighted by Crippen LogP contribution is -2.22. The quantitative estimate of drug-likeness (QED) is 0.470. The average Bonchev–Trinajstić information content (AvgIpc) is 2.96. The zero-order chi connectivity index (χ0) is 13.5. The summed E-state index contributed by atoms with van der Waals surface area (Å²) in [5.74, 6) is 0.256. The second-order valence-corrected chi connectivity index (χ2v) is 4.88. The van der Waals surface area contributed by atoms with Gasteiger partial charge in [-0.2, -0.15) is 0 Å². The number of anilines is 1. The zero-order valence-corrected chi connectivity index (χ0v) is 11.6. The van der Waals surface area contributed by atoms with Crippen molar-refractivity contribution in [3.63, 3.8) is 0 Å². The van der Waals surface area contributed by atoms with E-state index >= 15 is 0 Å². The molecule has 0 spiro atoms. The number of para-hydroxylation sites is 1. The molecule has 1 aromatic carbocycles. The lowest BCUT2D eigenvalue weighted by molar-refractivity contribution is 0.254. The van der Waals surface area contributed by atoms with Crippen molar-refractivity contribution in [2.45, 2.75) is 19.3 Å². The van der Waals surface area contributed by atoms with Crippen molar-refractivity contribution in [2.75, 3.05) is 38.6 Å². The van der Waals surface area contributed by atoms with Crippen LogP contribution in [-0.4, -0.2) is 44.1 Å². The Morgan fingerprint density at radius 2 is 2.05 bits per heavy atom. The van der Waals surface area contributed by atoms with Crippen molar-refractivity contribution >= 4 is 11.6 Å². The van der Waals surface area contributed by atoms with Crippen LogP contribution in [0.4, 0.5) is 5.69 Å². The molecule has 0 bridgehead atoms. The molecule has 0 atom stereocenters. The van der Waals surface area contributed by atoms with Crippen molar-refractivity contribution < 1.29 is 4.74 Å². The molecule has 19 heavy (non-hydrogen) atoms. The fraction of sp³-hybridized carbons (Fsp3) is 0.533. The van der Waals surface area contributed by atoms with Crippen LogP contribution in [0, 0.1) is 5.41 Å². The van der Waals surface area contributed by atoms with Gasteiger partial charge in [-0.15, -0.1) is 0 Å². The Kier molecular flexibility index (Phi) is 5.21. The van der Waals surface area contributed by atoms with Crippen LogP contribution in [0.1, 0.15) is 24.8 Å². The minimum Gasteiger partial charge on any atom is -0.478 e. The Bertz CT molecular complexity index is 414. The molecule has 4 heteroatoms. The summed E-state index contributed by atoms with van der Waals surface area (Å²) >= 11 is 0. The van der Waals surface area contributed by atoms with Gasteiger partial charge in [-0.3, -0.25) is 5.41 Å². The van der Waals surface area contributed by atoms with E-state index in [0.29, 0.717) is 6.61 Å². The summed E-state index contributed by atoms with van der Waals surface area (Å²) in [4.78, 5) is 2.47. The maximum absolute atomic E-state index is 7.99. The lowest BCUT2D eigenvalue weighted by Gasteiger charge is -2.15. The van der Waals surface area contributed by atoms with Gasteiger partial charge in [-0.05, 0) is 44.5 Å². The van der Waals surface area contributed by atoms with E-state index in [1.54, 1.807) is 0 Å². The Morgan fingerprint density at radius 1 is 1.32 bits per heavy atom. The van der Waals surface area contributed by atoms with E-state index in [2.05, 4.69) is 10.2 Å². The third-order valence-electron chi connectivity index (χ3n) is 3.50. The predicted octanol–water partition coefficient (Wildman–Crippen LogP) is 2.56. The van der Waals surface area contributed by atoms with E-state index in [9.17, 15) is 0 Å². The van der Waals surface area contributed by atoms with Crippen molar-refractivity contribution in [3.8, 4) is 0 Å². The number of hydrogen-bond acceptors (Lipinski definition) is 4. The molecular weight excluding hydrogens is 238 g/mol. The summed E-state index contributed by atoms with van der Waals surface area (Å²) in [5.41, 5.74) is 1.76. The van der Waals surface area contributed by atoms with Crippen molar-refractivity contribution in [1.29, 1.82) is 5.41 Å². The van der Waals surface area contributed by atoms with Gasteiger partial charge in [0.2, 0.25) is 5.90 Å². The Morgan fingerprint density at radius 3 is 2.79 bits per heavy atom. The minimum atomic E-state index is 0.256. The van der Waals surface area contributed by atoms with Crippen LogP contribution in [0.15, 0.2) is 24.3 Å². The lowest BCUT2D eigenvalue weighted by atomic mass is 10.2. The van der Waals surface area contributed by atoms with E-state index in [0.717, 1.165) is 24.2 Å². The summed E-state index contributed by atoms with van der Waals surface area (Å²) in [5, 5.41) is 11.1. The summed E-state index contributed by atoms with van der Waals surface area (Å²) in [6, 6.07) is 7.75. The summed E-state index contributed by atoms with van der Waals surface area (Å²) in [7, 11) is 1.86. The molecule has 2 N–H and O–H groups in total. The van der Waals surface area contributed by atoms with Crippen LogP contribution in [0.25, 0.3) is 0 Å². The highest BCUT2D eigenvalue weighted by Crippen LogP contribution is 2.15. The molecule has 1 aliphatic heterocycles. The molecule has 0 amide bonds. The second-order valence-electron chi connectivity index (χ2n) is 4.88. The van der Waals surface area contributed by atoms with E-state index in [4.69, 9.17) is 10.1 Å². The van der Waals surface area contributed by atoms with Crippen molar-refractivity contribution in [3.05, 3.63) is 29.8 Å². The molecule has 1 heterocycles. The first-order valence-electron chi connectivity index (χ1n) is 7.02. The third kappa shape index (κ3) is 3.96. The maximum atomic E-state index is 7.99. The number of ether oxygens (including phenoxy) is 1. The van der Waals surface area contributed by atoms with E-state index in [1.165, 1.54) is 25.9 Å². The smallest absolute Gasteiger partial charge is 0.215 e. The molecule has 1 aromatic rings. The number of rotatable bonds is 6. The first-order valence-corrected chi connectivity index (χ1v) is 7.02. The molecule has 0 radical (unpaired) electrons. The average molecular weight is 261 g/mol. The number of benzene rings is 1. The van der Waals surface area contributed by atoms with Gasteiger partial charge in [0, 0.05) is 19.3 Å². The Labute approximate surface area is 115 Å². The number of hydrogen-bond donors (Lipinski definition) is 2. The van der Waals surface area contributed by atoms with Crippen LogP contribution in [0.3, 0.4) is 0 Å². The molecule has 4 nitrogen and oxygen atoms in total. The van der Waals surface area contributed by atoms with Crippen LogP contribution in [0.5, 0.6) is 0 Å².